The van der Waals surface area contributed by atoms with E-state index in [-0.39, 0.29) is 0 Å². The summed E-state index contributed by atoms with van der Waals surface area (Å²) in [5.41, 5.74) is 3.44. The van der Waals surface area contributed by atoms with Gasteiger partial charge in [-0.25, -0.2) is 0 Å². The molecule has 0 bridgehead atoms. The van der Waals surface area contributed by atoms with E-state index in [2.05, 4.69) is 52.0 Å². The monoisotopic (exact) mass is 335 g/mol. The Morgan fingerprint density at radius 2 is 1.68 bits per heavy atom. The van der Waals surface area contributed by atoms with Crippen LogP contribution in [0, 0.1) is 6.92 Å². The molecular weight excluding hydrogens is 310 g/mol. The molecule has 0 aliphatic carbocycles. The minimum atomic E-state index is 0.901. The smallest absolute Gasteiger partial charge is 0.134 e. The number of rotatable bonds is 4. The third-order valence-electron chi connectivity index (χ3n) is 5.10. The number of nitrogens with zero attached hydrogens (tertiary/aromatic N) is 3. The lowest BCUT2D eigenvalue weighted by atomic mass is 10.1. The standard InChI is InChI=1S/C21H25N3O/c1-17-19-8-2-3-9-20(19)25-21(17)16-24-12-6-11-23(13-14-24)15-18-7-4-5-10-22-18/h2-5,7-10H,6,11-16H2,1H3. The number of benzene rings is 1. The summed E-state index contributed by atoms with van der Waals surface area (Å²) in [6.45, 7) is 8.42. The zero-order chi connectivity index (χ0) is 17.1. The molecule has 3 aromatic rings. The average molecular weight is 335 g/mol. The number of fused-ring (bicyclic) bond motifs is 1. The highest BCUT2D eigenvalue weighted by Gasteiger charge is 2.18. The van der Waals surface area contributed by atoms with Crippen LogP contribution in [0.3, 0.4) is 0 Å². The second-order valence-corrected chi connectivity index (χ2v) is 6.87. The van der Waals surface area contributed by atoms with E-state index in [1.807, 2.05) is 18.3 Å². The molecule has 0 atom stereocenters. The molecule has 0 amide bonds. The van der Waals surface area contributed by atoms with Crippen LogP contribution in [0.4, 0.5) is 0 Å². The first-order valence-electron chi connectivity index (χ1n) is 9.11. The number of furan rings is 1. The van der Waals surface area contributed by atoms with E-state index in [1.165, 1.54) is 17.4 Å². The van der Waals surface area contributed by atoms with Gasteiger partial charge in [0, 0.05) is 31.2 Å². The average Bonchev–Trinajstić information content (AvgIpc) is 2.80. The molecular formula is C21H25N3O. The van der Waals surface area contributed by atoms with Gasteiger partial charge in [-0.15, -0.1) is 0 Å². The van der Waals surface area contributed by atoms with Crippen molar-refractivity contribution in [1.29, 1.82) is 0 Å². The maximum Gasteiger partial charge on any atom is 0.134 e. The summed E-state index contributed by atoms with van der Waals surface area (Å²) in [5.74, 6) is 1.11. The molecule has 0 unspecified atom stereocenters. The molecule has 0 radical (unpaired) electrons. The van der Waals surface area contributed by atoms with Crippen molar-refractivity contribution in [3.8, 4) is 0 Å². The van der Waals surface area contributed by atoms with Crippen LogP contribution in [-0.2, 0) is 13.1 Å². The number of aryl methyl sites for hydroxylation is 1. The summed E-state index contributed by atoms with van der Waals surface area (Å²) >= 11 is 0. The summed E-state index contributed by atoms with van der Waals surface area (Å²) in [5, 5.41) is 1.24. The van der Waals surface area contributed by atoms with Gasteiger partial charge in [0.15, 0.2) is 0 Å². The van der Waals surface area contributed by atoms with Gasteiger partial charge in [-0.05, 0) is 50.2 Å². The molecule has 1 aliphatic rings. The molecule has 1 aromatic carbocycles. The molecule has 25 heavy (non-hydrogen) atoms. The van der Waals surface area contributed by atoms with Crippen LogP contribution in [0.25, 0.3) is 11.0 Å². The molecule has 2 aromatic heterocycles. The highest BCUT2D eigenvalue weighted by molar-refractivity contribution is 5.81. The molecule has 0 spiro atoms. The Kier molecular flexibility index (Phi) is 4.81. The SMILES string of the molecule is Cc1c(CN2CCCN(Cc3ccccn3)CC2)oc2ccccc12. The van der Waals surface area contributed by atoms with E-state index in [1.54, 1.807) is 0 Å². The lowest BCUT2D eigenvalue weighted by Crippen LogP contribution is -2.30. The van der Waals surface area contributed by atoms with Crippen molar-refractivity contribution < 1.29 is 4.42 Å². The van der Waals surface area contributed by atoms with Gasteiger partial charge < -0.3 is 4.42 Å². The maximum absolute atomic E-state index is 6.10. The molecule has 4 rings (SSSR count). The summed E-state index contributed by atoms with van der Waals surface area (Å²) in [4.78, 5) is 9.48. The largest absolute Gasteiger partial charge is 0.459 e. The summed E-state index contributed by atoms with van der Waals surface area (Å²) in [6, 6.07) is 14.5. The first-order chi connectivity index (χ1) is 12.3. The van der Waals surface area contributed by atoms with Crippen molar-refractivity contribution >= 4 is 11.0 Å². The third kappa shape index (κ3) is 3.75. The minimum Gasteiger partial charge on any atom is -0.459 e. The van der Waals surface area contributed by atoms with Gasteiger partial charge in [0.1, 0.15) is 11.3 Å². The Hall–Kier alpha value is -2.17. The van der Waals surface area contributed by atoms with Crippen LogP contribution >= 0.6 is 0 Å². The first kappa shape index (κ1) is 16.3. The van der Waals surface area contributed by atoms with Crippen LogP contribution in [0.15, 0.2) is 53.1 Å². The zero-order valence-corrected chi connectivity index (χ0v) is 14.8. The third-order valence-corrected chi connectivity index (χ3v) is 5.10. The van der Waals surface area contributed by atoms with Crippen molar-refractivity contribution in [1.82, 2.24) is 14.8 Å². The maximum atomic E-state index is 6.10. The number of pyridine rings is 1. The van der Waals surface area contributed by atoms with Crippen molar-refractivity contribution in [2.24, 2.45) is 0 Å². The highest BCUT2D eigenvalue weighted by Crippen LogP contribution is 2.26. The van der Waals surface area contributed by atoms with Crippen molar-refractivity contribution in [2.45, 2.75) is 26.4 Å². The molecule has 4 heteroatoms. The predicted octanol–water partition coefficient (Wildman–Crippen LogP) is 3.84. The Bertz CT molecular complexity index is 828. The van der Waals surface area contributed by atoms with Gasteiger partial charge in [0.2, 0.25) is 0 Å². The lowest BCUT2D eigenvalue weighted by molar-refractivity contribution is 0.234. The Morgan fingerprint density at radius 1 is 0.920 bits per heavy atom. The normalized spacial score (nSPS) is 17.0. The summed E-state index contributed by atoms with van der Waals surface area (Å²) in [7, 11) is 0. The fraction of sp³-hybridized carbons (Fsp3) is 0.381. The fourth-order valence-corrected chi connectivity index (χ4v) is 3.64. The molecule has 0 saturated carbocycles. The summed E-state index contributed by atoms with van der Waals surface area (Å²) < 4.78 is 6.10. The molecule has 3 heterocycles. The molecule has 1 aliphatic heterocycles. The minimum absolute atomic E-state index is 0.901. The Morgan fingerprint density at radius 3 is 2.44 bits per heavy atom. The number of aromatic nitrogens is 1. The zero-order valence-electron chi connectivity index (χ0n) is 14.8. The quantitative estimate of drug-likeness (QED) is 0.725. The van der Waals surface area contributed by atoms with Crippen LogP contribution in [-0.4, -0.2) is 41.0 Å². The molecule has 0 N–H and O–H groups in total. The van der Waals surface area contributed by atoms with Gasteiger partial charge in [0.05, 0.1) is 12.2 Å². The fourth-order valence-electron chi connectivity index (χ4n) is 3.64. The van der Waals surface area contributed by atoms with E-state index in [4.69, 9.17) is 4.42 Å². The number of hydrogen-bond donors (Lipinski definition) is 0. The number of hydrogen-bond acceptors (Lipinski definition) is 4. The second kappa shape index (κ2) is 7.38. The van der Waals surface area contributed by atoms with Crippen LogP contribution in [0.1, 0.15) is 23.4 Å². The van der Waals surface area contributed by atoms with Crippen LogP contribution in [0.2, 0.25) is 0 Å². The molecule has 130 valence electrons. The van der Waals surface area contributed by atoms with Crippen molar-refractivity contribution in [3.63, 3.8) is 0 Å². The Labute approximate surface area is 149 Å². The van der Waals surface area contributed by atoms with Gasteiger partial charge >= 0.3 is 0 Å². The van der Waals surface area contributed by atoms with Crippen LogP contribution in [0.5, 0.6) is 0 Å². The van der Waals surface area contributed by atoms with Crippen molar-refractivity contribution in [2.75, 3.05) is 26.2 Å². The van der Waals surface area contributed by atoms with E-state index in [9.17, 15) is 0 Å². The van der Waals surface area contributed by atoms with Crippen LogP contribution < -0.4 is 0 Å². The van der Waals surface area contributed by atoms with E-state index in [0.29, 0.717) is 0 Å². The predicted molar refractivity (Wildman–Crippen MR) is 100 cm³/mol. The first-order valence-corrected chi connectivity index (χ1v) is 9.11. The van der Waals surface area contributed by atoms with Crippen molar-refractivity contribution in [3.05, 3.63) is 65.7 Å². The topological polar surface area (TPSA) is 32.5 Å². The van der Waals surface area contributed by atoms with Gasteiger partial charge in [-0.2, -0.15) is 0 Å². The van der Waals surface area contributed by atoms with Gasteiger partial charge in [-0.1, -0.05) is 24.3 Å². The van der Waals surface area contributed by atoms with Gasteiger partial charge in [-0.3, -0.25) is 14.8 Å². The Balaban J connectivity index is 1.40. The summed E-state index contributed by atoms with van der Waals surface area (Å²) in [6.07, 6.45) is 3.07. The van der Waals surface area contributed by atoms with E-state index < -0.39 is 0 Å². The molecule has 1 fully saturated rings. The highest BCUT2D eigenvalue weighted by atomic mass is 16.3. The van der Waals surface area contributed by atoms with Gasteiger partial charge in [0.25, 0.3) is 0 Å². The molecule has 1 saturated heterocycles. The second-order valence-electron chi connectivity index (χ2n) is 6.87. The lowest BCUT2D eigenvalue weighted by Gasteiger charge is -2.21. The van der Waals surface area contributed by atoms with E-state index >= 15 is 0 Å². The molecule has 4 nitrogen and oxygen atoms in total. The number of para-hydroxylation sites is 1. The van der Waals surface area contributed by atoms with E-state index in [0.717, 1.165) is 56.3 Å².